The maximum Gasteiger partial charge on any atom is 0.216 e. The number of anilines is 1. The molecule has 3 heterocycles. The standard InChI is InChI=1S/C23H30N4O2S2/c1-16(2)31(28,29)27-14-12-26(13-15-27)22-21-17(3)18(4)30-23(21)25-20(24-22)11-10-19-8-6-5-7-9-19/h5-9,16H,10-15H2,1-4H3. The highest BCUT2D eigenvalue weighted by Gasteiger charge is 2.31. The lowest BCUT2D eigenvalue weighted by atomic mass is 10.1. The molecule has 0 unspecified atom stereocenters. The summed E-state index contributed by atoms with van der Waals surface area (Å²) in [5.41, 5.74) is 2.50. The summed E-state index contributed by atoms with van der Waals surface area (Å²) in [7, 11) is -3.22. The topological polar surface area (TPSA) is 66.4 Å². The van der Waals surface area contributed by atoms with E-state index in [1.54, 1.807) is 29.5 Å². The van der Waals surface area contributed by atoms with Gasteiger partial charge in [-0.3, -0.25) is 0 Å². The van der Waals surface area contributed by atoms with Crippen LogP contribution in [0.15, 0.2) is 30.3 Å². The van der Waals surface area contributed by atoms with Crippen LogP contribution in [0.4, 0.5) is 5.82 Å². The van der Waals surface area contributed by atoms with Crippen molar-refractivity contribution in [3.63, 3.8) is 0 Å². The van der Waals surface area contributed by atoms with Gasteiger partial charge in [0.15, 0.2) is 0 Å². The van der Waals surface area contributed by atoms with Gasteiger partial charge >= 0.3 is 0 Å². The van der Waals surface area contributed by atoms with E-state index in [0.717, 1.165) is 34.7 Å². The van der Waals surface area contributed by atoms with Crippen molar-refractivity contribution in [1.29, 1.82) is 0 Å². The number of thiophene rings is 1. The van der Waals surface area contributed by atoms with Gasteiger partial charge in [0, 0.05) is 37.5 Å². The summed E-state index contributed by atoms with van der Waals surface area (Å²) >= 11 is 1.72. The molecule has 0 spiro atoms. The van der Waals surface area contributed by atoms with Crippen LogP contribution in [-0.4, -0.2) is 54.1 Å². The van der Waals surface area contributed by atoms with Crippen molar-refractivity contribution >= 4 is 37.4 Å². The highest BCUT2D eigenvalue weighted by atomic mass is 32.2. The van der Waals surface area contributed by atoms with E-state index in [-0.39, 0.29) is 0 Å². The third-order valence-corrected chi connectivity index (χ3v) is 9.41. The number of aryl methyl sites for hydroxylation is 4. The molecule has 1 aliphatic heterocycles. The highest BCUT2D eigenvalue weighted by molar-refractivity contribution is 7.89. The fourth-order valence-corrected chi connectivity index (χ4v) is 6.28. The van der Waals surface area contributed by atoms with Crippen molar-refractivity contribution in [2.24, 2.45) is 0 Å². The van der Waals surface area contributed by atoms with Crippen LogP contribution >= 0.6 is 11.3 Å². The Hall–Kier alpha value is -2.03. The summed E-state index contributed by atoms with van der Waals surface area (Å²) in [5, 5.41) is 0.724. The predicted octanol–water partition coefficient (Wildman–Crippen LogP) is 3.95. The van der Waals surface area contributed by atoms with Crippen LogP contribution in [-0.2, 0) is 22.9 Å². The van der Waals surface area contributed by atoms with Crippen molar-refractivity contribution in [2.45, 2.75) is 45.8 Å². The molecule has 0 aliphatic carbocycles. The van der Waals surface area contributed by atoms with E-state index in [4.69, 9.17) is 9.97 Å². The van der Waals surface area contributed by atoms with E-state index >= 15 is 0 Å². The first-order valence-electron chi connectivity index (χ1n) is 10.8. The van der Waals surface area contributed by atoms with Crippen LogP contribution in [0.1, 0.15) is 35.7 Å². The Labute approximate surface area is 189 Å². The number of piperazine rings is 1. The lowest BCUT2D eigenvalue weighted by molar-refractivity contribution is 0.380. The van der Waals surface area contributed by atoms with E-state index < -0.39 is 15.3 Å². The highest BCUT2D eigenvalue weighted by Crippen LogP contribution is 2.35. The van der Waals surface area contributed by atoms with Gasteiger partial charge in [0.05, 0.1) is 10.6 Å². The van der Waals surface area contributed by atoms with E-state index in [1.807, 2.05) is 6.07 Å². The molecule has 1 saturated heterocycles. The van der Waals surface area contributed by atoms with Gasteiger partial charge in [0.1, 0.15) is 16.5 Å². The summed E-state index contributed by atoms with van der Waals surface area (Å²) in [6, 6.07) is 10.4. The molecular weight excluding hydrogens is 428 g/mol. The van der Waals surface area contributed by atoms with E-state index in [0.29, 0.717) is 26.2 Å². The molecule has 0 bridgehead atoms. The van der Waals surface area contributed by atoms with Crippen molar-refractivity contribution in [3.8, 4) is 0 Å². The second kappa shape index (κ2) is 8.84. The molecule has 2 aromatic heterocycles. The summed E-state index contributed by atoms with van der Waals surface area (Å²) < 4.78 is 26.7. The third kappa shape index (κ3) is 4.47. The average molecular weight is 459 g/mol. The number of rotatable bonds is 6. The number of fused-ring (bicyclic) bond motifs is 1. The fraction of sp³-hybridized carbons (Fsp3) is 0.478. The lowest BCUT2D eigenvalue weighted by Crippen LogP contribution is -2.50. The number of hydrogen-bond donors (Lipinski definition) is 0. The third-order valence-electron chi connectivity index (χ3n) is 6.03. The molecule has 3 aromatic rings. The Balaban J connectivity index is 1.62. The van der Waals surface area contributed by atoms with Gasteiger partial charge in [-0.15, -0.1) is 11.3 Å². The first-order chi connectivity index (χ1) is 14.8. The van der Waals surface area contributed by atoms with Gasteiger partial charge < -0.3 is 4.90 Å². The zero-order chi connectivity index (χ0) is 22.2. The molecule has 1 fully saturated rings. The van der Waals surface area contributed by atoms with E-state index in [2.05, 4.69) is 43.0 Å². The zero-order valence-corrected chi connectivity index (χ0v) is 20.3. The van der Waals surface area contributed by atoms with Crippen molar-refractivity contribution < 1.29 is 8.42 Å². The number of sulfonamides is 1. The maximum atomic E-state index is 12.6. The molecule has 4 rings (SSSR count). The molecule has 1 aliphatic rings. The minimum absolute atomic E-state index is 0.392. The lowest BCUT2D eigenvalue weighted by Gasteiger charge is -2.36. The fourth-order valence-electron chi connectivity index (χ4n) is 3.97. The zero-order valence-electron chi connectivity index (χ0n) is 18.6. The van der Waals surface area contributed by atoms with Gasteiger partial charge in [-0.1, -0.05) is 30.3 Å². The molecule has 0 radical (unpaired) electrons. The summed E-state index contributed by atoms with van der Waals surface area (Å²) in [6.07, 6.45) is 1.68. The van der Waals surface area contributed by atoms with Gasteiger partial charge in [-0.05, 0) is 45.2 Å². The smallest absolute Gasteiger partial charge is 0.216 e. The monoisotopic (exact) mass is 458 g/mol. The first-order valence-corrected chi connectivity index (χ1v) is 13.1. The van der Waals surface area contributed by atoms with Crippen LogP contribution in [0.3, 0.4) is 0 Å². The quantitative estimate of drug-likeness (QED) is 0.559. The summed E-state index contributed by atoms with van der Waals surface area (Å²) in [5.74, 6) is 1.81. The maximum absolute atomic E-state index is 12.6. The Kier molecular flexibility index (Phi) is 6.32. The number of aromatic nitrogens is 2. The second-order valence-corrected chi connectivity index (χ2v) is 12.1. The van der Waals surface area contributed by atoms with Gasteiger partial charge in [-0.2, -0.15) is 4.31 Å². The molecule has 0 amide bonds. The summed E-state index contributed by atoms with van der Waals surface area (Å²) in [6.45, 7) is 10.0. The predicted molar refractivity (Wildman–Crippen MR) is 129 cm³/mol. The normalized spacial score (nSPS) is 15.8. The number of benzene rings is 1. The second-order valence-electron chi connectivity index (χ2n) is 8.39. The van der Waals surface area contributed by atoms with Crippen molar-refractivity contribution in [1.82, 2.24) is 14.3 Å². The van der Waals surface area contributed by atoms with E-state index in [1.165, 1.54) is 16.0 Å². The Morgan fingerprint density at radius 2 is 1.68 bits per heavy atom. The molecule has 0 N–H and O–H groups in total. The van der Waals surface area contributed by atoms with Crippen molar-refractivity contribution in [3.05, 3.63) is 52.2 Å². The molecule has 0 atom stereocenters. The van der Waals surface area contributed by atoms with Gasteiger partial charge in [0.25, 0.3) is 0 Å². The number of nitrogens with zero attached hydrogens (tertiary/aromatic N) is 4. The average Bonchev–Trinajstić information content (AvgIpc) is 3.06. The van der Waals surface area contributed by atoms with Gasteiger partial charge in [-0.25, -0.2) is 18.4 Å². The molecule has 166 valence electrons. The Bertz CT molecular complexity index is 1170. The van der Waals surface area contributed by atoms with Crippen molar-refractivity contribution in [2.75, 3.05) is 31.1 Å². The van der Waals surface area contributed by atoms with Crippen LogP contribution in [0.25, 0.3) is 10.2 Å². The molecule has 8 heteroatoms. The Morgan fingerprint density at radius 1 is 1.00 bits per heavy atom. The SMILES string of the molecule is Cc1sc2nc(CCc3ccccc3)nc(N3CCN(S(=O)(=O)C(C)C)CC3)c2c1C. The van der Waals surface area contributed by atoms with Crippen LogP contribution in [0.2, 0.25) is 0 Å². The van der Waals surface area contributed by atoms with E-state index in [9.17, 15) is 8.42 Å². The Morgan fingerprint density at radius 3 is 2.32 bits per heavy atom. The van der Waals surface area contributed by atoms with Crippen LogP contribution in [0.5, 0.6) is 0 Å². The van der Waals surface area contributed by atoms with Gasteiger partial charge in [0.2, 0.25) is 10.0 Å². The molecule has 0 saturated carbocycles. The first kappa shape index (κ1) is 22.2. The molecule has 6 nitrogen and oxygen atoms in total. The molecule has 31 heavy (non-hydrogen) atoms. The van der Waals surface area contributed by atoms with Crippen LogP contribution in [0, 0.1) is 13.8 Å². The minimum atomic E-state index is -3.22. The largest absolute Gasteiger partial charge is 0.353 e. The van der Waals surface area contributed by atoms with Crippen LogP contribution < -0.4 is 4.90 Å². The number of hydrogen-bond acceptors (Lipinski definition) is 6. The molecular formula is C23H30N4O2S2. The molecule has 1 aromatic carbocycles. The summed E-state index contributed by atoms with van der Waals surface area (Å²) in [4.78, 5) is 14.4. The minimum Gasteiger partial charge on any atom is -0.353 e.